The highest BCUT2D eigenvalue weighted by atomic mass is 32.1. The van der Waals surface area contributed by atoms with Crippen molar-refractivity contribution in [2.45, 2.75) is 73.6 Å². The Kier molecular flexibility index (Phi) is 8.69. The summed E-state index contributed by atoms with van der Waals surface area (Å²) >= 11 is 1.54. The summed E-state index contributed by atoms with van der Waals surface area (Å²) < 4.78 is 11.1. The first-order valence-electron chi connectivity index (χ1n) is 13.0. The summed E-state index contributed by atoms with van der Waals surface area (Å²) in [6, 6.07) is 14.9. The largest absolute Gasteiger partial charge is 0.485 e. The van der Waals surface area contributed by atoms with E-state index in [1.54, 1.807) is 0 Å². The van der Waals surface area contributed by atoms with Crippen molar-refractivity contribution in [3.63, 3.8) is 0 Å². The number of rotatable bonds is 9. The minimum Gasteiger partial charge on any atom is -0.485 e. The highest BCUT2D eigenvalue weighted by Gasteiger charge is 2.34. The Morgan fingerprint density at radius 3 is 2.11 bits per heavy atom. The van der Waals surface area contributed by atoms with E-state index in [2.05, 4.69) is 51.1 Å². The standard InChI is InChI=1S/C32H40O4S/c1-10-32(11-2,27-18-22(5)29(37-27)30(34)35-9)23-15-16-24(21(4)17-23)25-14-12-13-20(3)28(25)36-19-26(33)31(6,7)8/h12-18H,10-11,19H2,1-9H3. The van der Waals surface area contributed by atoms with Gasteiger partial charge in [-0.05, 0) is 67.5 Å². The number of ether oxygens (including phenoxy) is 2. The number of thiophene rings is 1. The molecule has 0 saturated carbocycles. The quantitative estimate of drug-likeness (QED) is 0.267. The molecule has 0 fully saturated rings. The molecule has 0 bridgehead atoms. The van der Waals surface area contributed by atoms with E-state index in [0.717, 1.165) is 46.4 Å². The fourth-order valence-corrected chi connectivity index (χ4v) is 6.28. The van der Waals surface area contributed by atoms with Crippen molar-refractivity contribution in [3.05, 3.63) is 74.5 Å². The number of hydrogen-bond acceptors (Lipinski definition) is 5. The van der Waals surface area contributed by atoms with Gasteiger partial charge in [0.25, 0.3) is 0 Å². The summed E-state index contributed by atoms with van der Waals surface area (Å²) in [5, 5.41) is 0. The minimum absolute atomic E-state index is 0.0491. The lowest BCUT2D eigenvalue weighted by molar-refractivity contribution is -0.128. The summed E-state index contributed by atoms with van der Waals surface area (Å²) in [7, 11) is 1.43. The maximum atomic E-state index is 12.6. The van der Waals surface area contributed by atoms with Crippen molar-refractivity contribution < 1.29 is 19.1 Å². The second kappa shape index (κ2) is 11.2. The number of carbonyl (C=O) groups excluding carboxylic acids is 2. The van der Waals surface area contributed by atoms with Crippen LogP contribution in [0.4, 0.5) is 0 Å². The smallest absolute Gasteiger partial charge is 0.348 e. The summed E-state index contributed by atoms with van der Waals surface area (Å²) in [4.78, 5) is 26.7. The van der Waals surface area contributed by atoms with Gasteiger partial charge in [0, 0.05) is 21.3 Å². The van der Waals surface area contributed by atoms with Crippen molar-refractivity contribution in [1.29, 1.82) is 0 Å². The van der Waals surface area contributed by atoms with E-state index in [9.17, 15) is 9.59 Å². The molecule has 0 atom stereocenters. The maximum Gasteiger partial charge on any atom is 0.348 e. The molecule has 3 rings (SSSR count). The van der Waals surface area contributed by atoms with Crippen LogP contribution in [0.2, 0.25) is 0 Å². The molecule has 1 heterocycles. The molecule has 3 aromatic rings. The number of esters is 1. The molecule has 1 aromatic heterocycles. The third kappa shape index (κ3) is 5.67. The zero-order valence-electron chi connectivity index (χ0n) is 23.7. The Morgan fingerprint density at radius 2 is 1.54 bits per heavy atom. The SMILES string of the molecule is CCC(CC)(c1ccc(-c2cccc(C)c2OCC(=O)C(C)(C)C)c(C)c1)c1cc(C)c(C(=O)OC)s1. The molecule has 0 aliphatic carbocycles. The molecule has 5 heteroatoms. The summed E-state index contributed by atoms with van der Waals surface area (Å²) in [5.41, 5.74) is 5.76. The van der Waals surface area contributed by atoms with Gasteiger partial charge in [-0.25, -0.2) is 4.79 Å². The Balaban J connectivity index is 2.06. The number of para-hydroxylation sites is 1. The van der Waals surface area contributed by atoms with Crippen LogP contribution in [0.5, 0.6) is 5.75 Å². The number of benzene rings is 2. The first-order chi connectivity index (χ1) is 17.4. The topological polar surface area (TPSA) is 52.6 Å². The second-order valence-corrected chi connectivity index (χ2v) is 11.9. The van der Waals surface area contributed by atoms with Crippen LogP contribution in [-0.4, -0.2) is 25.5 Å². The average molecular weight is 521 g/mol. The number of methoxy groups -OCH3 is 1. The van der Waals surface area contributed by atoms with Crippen molar-refractivity contribution in [2.75, 3.05) is 13.7 Å². The minimum atomic E-state index is -0.447. The summed E-state index contributed by atoms with van der Waals surface area (Å²) in [5.74, 6) is 0.546. The van der Waals surface area contributed by atoms with Gasteiger partial charge in [0.2, 0.25) is 0 Å². The highest BCUT2D eigenvalue weighted by Crippen LogP contribution is 2.45. The van der Waals surface area contributed by atoms with Gasteiger partial charge in [0.15, 0.2) is 5.78 Å². The normalized spacial score (nSPS) is 11.9. The third-order valence-electron chi connectivity index (χ3n) is 7.43. The molecule has 0 radical (unpaired) electrons. The molecule has 0 unspecified atom stereocenters. The lowest BCUT2D eigenvalue weighted by atomic mass is 9.73. The van der Waals surface area contributed by atoms with Crippen LogP contribution in [0.1, 0.15) is 84.3 Å². The van der Waals surface area contributed by atoms with Gasteiger partial charge in [-0.2, -0.15) is 0 Å². The Bertz CT molecular complexity index is 1290. The lowest BCUT2D eigenvalue weighted by Crippen LogP contribution is -2.26. The van der Waals surface area contributed by atoms with E-state index in [1.807, 2.05) is 46.8 Å². The second-order valence-electron chi connectivity index (χ2n) is 10.8. The fourth-order valence-electron chi connectivity index (χ4n) is 4.84. The van der Waals surface area contributed by atoms with Gasteiger partial charge in [-0.15, -0.1) is 11.3 Å². The zero-order valence-corrected chi connectivity index (χ0v) is 24.5. The fraction of sp³-hybridized carbons (Fsp3) is 0.438. The number of hydrogen-bond donors (Lipinski definition) is 0. The Hall–Kier alpha value is -2.92. The number of aryl methyl sites for hydroxylation is 3. The van der Waals surface area contributed by atoms with Crippen molar-refractivity contribution >= 4 is 23.1 Å². The number of carbonyl (C=O) groups is 2. The molecule has 0 aliphatic heterocycles. The summed E-state index contributed by atoms with van der Waals surface area (Å²) in [6.45, 7) is 16.3. The van der Waals surface area contributed by atoms with Crippen molar-refractivity contribution in [2.24, 2.45) is 5.41 Å². The Morgan fingerprint density at radius 1 is 0.865 bits per heavy atom. The maximum absolute atomic E-state index is 12.6. The highest BCUT2D eigenvalue weighted by molar-refractivity contribution is 7.14. The van der Waals surface area contributed by atoms with Gasteiger partial charge >= 0.3 is 5.97 Å². The first kappa shape index (κ1) is 28.6. The molecule has 37 heavy (non-hydrogen) atoms. The Labute approximate surface area is 226 Å². The van der Waals surface area contributed by atoms with Crippen molar-refractivity contribution in [3.8, 4) is 16.9 Å². The van der Waals surface area contributed by atoms with Crippen LogP contribution in [0, 0.1) is 26.2 Å². The molecule has 0 aliphatic rings. The number of ketones is 1. The monoisotopic (exact) mass is 520 g/mol. The van der Waals surface area contributed by atoms with Crippen molar-refractivity contribution in [1.82, 2.24) is 0 Å². The molecule has 0 saturated heterocycles. The first-order valence-corrected chi connectivity index (χ1v) is 13.8. The van der Waals surface area contributed by atoms with Gasteiger partial charge in [0.05, 0.1) is 7.11 Å². The van der Waals surface area contributed by atoms with E-state index >= 15 is 0 Å². The number of Topliss-reactive ketones (excluding diaryl/α,β-unsaturated/α-hetero) is 1. The predicted molar refractivity (Wildman–Crippen MR) is 153 cm³/mol. The molecule has 4 nitrogen and oxygen atoms in total. The third-order valence-corrected chi connectivity index (χ3v) is 8.85. The summed E-state index contributed by atoms with van der Waals surface area (Å²) in [6.07, 6.45) is 1.83. The van der Waals surface area contributed by atoms with E-state index in [4.69, 9.17) is 9.47 Å². The van der Waals surface area contributed by atoms with Gasteiger partial charge < -0.3 is 9.47 Å². The van der Waals surface area contributed by atoms with Crippen LogP contribution in [0.25, 0.3) is 11.1 Å². The molecular formula is C32H40O4S. The predicted octanol–water partition coefficient (Wildman–Crippen LogP) is 8.23. The van der Waals surface area contributed by atoms with Crippen LogP contribution < -0.4 is 4.74 Å². The molecule has 0 spiro atoms. The van der Waals surface area contributed by atoms with E-state index in [-0.39, 0.29) is 23.8 Å². The molecular weight excluding hydrogens is 480 g/mol. The lowest BCUT2D eigenvalue weighted by Gasteiger charge is -2.32. The average Bonchev–Trinajstić information content (AvgIpc) is 3.25. The molecule has 198 valence electrons. The van der Waals surface area contributed by atoms with E-state index in [1.165, 1.54) is 28.9 Å². The van der Waals surface area contributed by atoms with Gasteiger partial charge in [-0.3, -0.25) is 4.79 Å². The molecule has 0 N–H and O–H groups in total. The zero-order chi connectivity index (χ0) is 27.5. The van der Waals surface area contributed by atoms with Crippen LogP contribution >= 0.6 is 11.3 Å². The van der Waals surface area contributed by atoms with Gasteiger partial charge in [0.1, 0.15) is 17.2 Å². The van der Waals surface area contributed by atoms with Gasteiger partial charge in [-0.1, -0.05) is 71.0 Å². The van der Waals surface area contributed by atoms with Crippen LogP contribution in [-0.2, 0) is 14.9 Å². The molecule has 2 aromatic carbocycles. The van der Waals surface area contributed by atoms with E-state index in [0.29, 0.717) is 4.88 Å². The van der Waals surface area contributed by atoms with E-state index < -0.39 is 5.41 Å². The van der Waals surface area contributed by atoms with Crippen LogP contribution in [0.3, 0.4) is 0 Å². The molecule has 0 amide bonds. The van der Waals surface area contributed by atoms with Crippen LogP contribution in [0.15, 0.2) is 42.5 Å².